The van der Waals surface area contributed by atoms with E-state index in [9.17, 15) is 14.4 Å². The van der Waals surface area contributed by atoms with E-state index < -0.39 is 12.6 Å². The number of nitrogens with one attached hydrogen (secondary N) is 2. The molecule has 0 radical (unpaired) electrons. The molecule has 0 aromatic heterocycles. The molecule has 2 amide bonds. The molecule has 0 bridgehead atoms. The number of anilines is 1. The minimum absolute atomic E-state index is 0.0828. The van der Waals surface area contributed by atoms with E-state index in [1.54, 1.807) is 0 Å². The van der Waals surface area contributed by atoms with Gasteiger partial charge in [0, 0.05) is 24.6 Å². The van der Waals surface area contributed by atoms with Crippen molar-refractivity contribution < 1.29 is 28.6 Å². The van der Waals surface area contributed by atoms with E-state index in [0.717, 1.165) is 38.5 Å². The highest BCUT2D eigenvalue weighted by atomic mass is 16.5. The summed E-state index contributed by atoms with van der Waals surface area (Å²) >= 11 is 0. The van der Waals surface area contributed by atoms with Gasteiger partial charge in [-0.25, -0.2) is 4.79 Å². The van der Waals surface area contributed by atoms with Crippen molar-refractivity contribution >= 4 is 23.5 Å². The zero-order valence-corrected chi connectivity index (χ0v) is 17.3. The topological polar surface area (TPSA) is 103 Å². The second-order valence-corrected chi connectivity index (χ2v) is 7.00. The van der Waals surface area contributed by atoms with Gasteiger partial charge in [-0.2, -0.15) is 0 Å². The number of ether oxygens (including phenoxy) is 3. The van der Waals surface area contributed by atoms with E-state index in [1.807, 2.05) is 6.92 Å². The molecule has 2 rings (SSSR count). The molecular formula is C21H30N2O6. The van der Waals surface area contributed by atoms with Crippen LogP contribution in [0.3, 0.4) is 0 Å². The van der Waals surface area contributed by atoms with Crippen molar-refractivity contribution in [3.05, 3.63) is 17.7 Å². The lowest BCUT2D eigenvalue weighted by molar-refractivity contribution is -0.124. The number of rotatable bonds is 9. The highest BCUT2D eigenvalue weighted by molar-refractivity contribution is 6.03. The highest BCUT2D eigenvalue weighted by Gasteiger charge is 2.25. The molecule has 160 valence electrons. The molecule has 0 unspecified atom stereocenters. The molecule has 29 heavy (non-hydrogen) atoms. The first kappa shape index (κ1) is 22.5. The zero-order chi connectivity index (χ0) is 21.2. The molecule has 1 fully saturated rings. The molecule has 2 N–H and O–H groups in total. The SMILES string of the molecule is CCCNC(=O)COC(=O)c1cc(OC)c(OC)cc1NC(=O)C1CCCCC1. The number of amides is 2. The standard InChI is InChI=1S/C21H30N2O6/c1-4-10-22-19(24)13-29-21(26)15-11-17(27-2)18(28-3)12-16(15)23-20(25)14-8-6-5-7-9-14/h11-12,14H,4-10,13H2,1-3H3,(H,22,24)(H,23,25). The van der Waals surface area contributed by atoms with E-state index in [2.05, 4.69) is 10.6 Å². The van der Waals surface area contributed by atoms with E-state index in [1.165, 1.54) is 26.4 Å². The first-order chi connectivity index (χ1) is 14.0. The lowest BCUT2D eigenvalue weighted by atomic mass is 9.88. The van der Waals surface area contributed by atoms with Gasteiger partial charge >= 0.3 is 5.97 Å². The van der Waals surface area contributed by atoms with Gasteiger partial charge in [0.15, 0.2) is 18.1 Å². The van der Waals surface area contributed by atoms with Gasteiger partial charge in [0.1, 0.15) is 0 Å². The summed E-state index contributed by atoms with van der Waals surface area (Å²) in [7, 11) is 2.92. The number of hydrogen-bond donors (Lipinski definition) is 2. The third-order valence-electron chi connectivity index (χ3n) is 4.88. The number of benzene rings is 1. The maximum atomic E-state index is 12.7. The Morgan fingerprint density at radius 3 is 2.31 bits per heavy atom. The molecule has 0 atom stereocenters. The fourth-order valence-electron chi connectivity index (χ4n) is 3.28. The monoisotopic (exact) mass is 406 g/mol. The van der Waals surface area contributed by atoms with Crippen molar-refractivity contribution in [2.75, 3.05) is 32.7 Å². The number of carbonyl (C=O) groups excluding carboxylic acids is 3. The Balaban J connectivity index is 2.20. The Hall–Kier alpha value is -2.77. The van der Waals surface area contributed by atoms with Crippen LogP contribution in [0.2, 0.25) is 0 Å². The Morgan fingerprint density at radius 1 is 1.03 bits per heavy atom. The fraction of sp³-hybridized carbons (Fsp3) is 0.571. The van der Waals surface area contributed by atoms with Crippen LogP contribution in [0.5, 0.6) is 11.5 Å². The van der Waals surface area contributed by atoms with Crippen molar-refractivity contribution in [3.63, 3.8) is 0 Å². The molecule has 8 heteroatoms. The van der Waals surface area contributed by atoms with Gasteiger partial charge < -0.3 is 24.8 Å². The number of methoxy groups -OCH3 is 2. The summed E-state index contributed by atoms with van der Waals surface area (Å²) in [6.45, 7) is 2.04. The smallest absolute Gasteiger partial charge is 0.340 e. The van der Waals surface area contributed by atoms with Gasteiger partial charge in [-0.1, -0.05) is 26.2 Å². The molecule has 0 heterocycles. The predicted octanol–water partition coefficient (Wildman–Crippen LogP) is 2.91. The van der Waals surface area contributed by atoms with E-state index in [4.69, 9.17) is 14.2 Å². The number of hydrogen-bond acceptors (Lipinski definition) is 6. The average molecular weight is 406 g/mol. The quantitative estimate of drug-likeness (QED) is 0.611. The zero-order valence-electron chi connectivity index (χ0n) is 17.3. The van der Waals surface area contributed by atoms with E-state index >= 15 is 0 Å². The van der Waals surface area contributed by atoms with Gasteiger partial charge in [-0.15, -0.1) is 0 Å². The maximum Gasteiger partial charge on any atom is 0.340 e. The first-order valence-corrected chi connectivity index (χ1v) is 10.0. The van der Waals surface area contributed by atoms with Gasteiger partial charge in [0.05, 0.1) is 25.5 Å². The van der Waals surface area contributed by atoms with Gasteiger partial charge in [-0.3, -0.25) is 9.59 Å². The van der Waals surface area contributed by atoms with Crippen LogP contribution in [-0.2, 0) is 14.3 Å². The molecule has 1 aromatic rings. The van der Waals surface area contributed by atoms with Crippen LogP contribution < -0.4 is 20.1 Å². The fourth-order valence-corrected chi connectivity index (χ4v) is 3.28. The molecule has 0 spiro atoms. The summed E-state index contributed by atoms with van der Waals surface area (Å²) in [5.41, 5.74) is 0.382. The number of esters is 1. The van der Waals surface area contributed by atoms with Gasteiger partial charge in [-0.05, 0) is 19.3 Å². The summed E-state index contributed by atoms with van der Waals surface area (Å²) in [5, 5.41) is 5.47. The minimum Gasteiger partial charge on any atom is -0.493 e. The molecule has 1 aliphatic carbocycles. The van der Waals surface area contributed by atoms with Crippen LogP contribution in [-0.4, -0.2) is 45.2 Å². The average Bonchev–Trinajstić information content (AvgIpc) is 2.76. The Labute approximate surface area is 171 Å². The van der Waals surface area contributed by atoms with Crippen LogP contribution >= 0.6 is 0 Å². The van der Waals surface area contributed by atoms with Gasteiger partial charge in [0.2, 0.25) is 5.91 Å². The normalized spacial score (nSPS) is 14.0. The minimum atomic E-state index is -0.725. The van der Waals surface area contributed by atoms with Crippen molar-refractivity contribution in [2.45, 2.75) is 45.4 Å². The summed E-state index contributed by atoms with van der Waals surface area (Å²) in [6, 6.07) is 2.98. The first-order valence-electron chi connectivity index (χ1n) is 10.0. The molecule has 0 saturated heterocycles. The maximum absolute atomic E-state index is 12.7. The van der Waals surface area contributed by atoms with E-state index in [-0.39, 0.29) is 29.0 Å². The summed E-state index contributed by atoms with van der Waals surface area (Å²) < 4.78 is 15.7. The molecular weight excluding hydrogens is 376 g/mol. The largest absolute Gasteiger partial charge is 0.493 e. The molecule has 1 aromatic carbocycles. The Kier molecular flexibility index (Phi) is 8.76. The summed E-state index contributed by atoms with van der Waals surface area (Å²) in [6.07, 6.45) is 5.62. The van der Waals surface area contributed by atoms with Crippen molar-refractivity contribution in [1.29, 1.82) is 0 Å². The van der Waals surface area contributed by atoms with Crippen LogP contribution in [0.1, 0.15) is 55.8 Å². The second-order valence-electron chi connectivity index (χ2n) is 7.00. The lowest BCUT2D eigenvalue weighted by Crippen LogP contribution is -2.30. The summed E-state index contributed by atoms with van der Waals surface area (Å²) in [5.74, 6) is -0.619. The second kappa shape index (κ2) is 11.3. The molecule has 8 nitrogen and oxygen atoms in total. The third kappa shape index (κ3) is 6.37. The van der Waals surface area contributed by atoms with E-state index in [0.29, 0.717) is 18.0 Å². The number of carbonyl (C=O) groups is 3. The van der Waals surface area contributed by atoms with Gasteiger partial charge in [0.25, 0.3) is 5.91 Å². The highest BCUT2D eigenvalue weighted by Crippen LogP contribution is 2.34. The summed E-state index contributed by atoms with van der Waals surface area (Å²) in [4.78, 5) is 37.0. The van der Waals surface area contributed by atoms with Crippen LogP contribution in [0.4, 0.5) is 5.69 Å². The molecule has 1 saturated carbocycles. The lowest BCUT2D eigenvalue weighted by Gasteiger charge is -2.22. The predicted molar refractivity (Wildman–Crippen MR) is 108 cm³/mol. The Morgan fingerprint density at radius 2 is 1.69 bits per heavy atom. The van der Waals surface area contributed by atoms with Crippen molar-refractivity contribution in [2.24, 2.45) is 5.92 Å². The van der Waals surface area contributed by atoms with Crippen molar-refractivity contribution in [1.82, 2.24) is 5.32 Å². The van der Waals surface area contributed by atoms with Crippen molar-refractivity contribution in [3.8, 4) is 11.5 Å². The Bertz CT molecular complexity index is 728. The molecule has 1 aliphatic rings. The van der Waals surface area contributed by atoms with Crippen LogP contribution in [0, 0.1) is 5.92 Å². The van der Waals surface area contributed by atoms with Crippen LogP contribution in [0.15, 0.2) is 12.1 Å². The third-order valence-corrected chi connectivity index (χ3v) is 4.88. The van der Waals surface area contributed by atoms with Crippen LogP contribution in [0.25, 0.3) is 0 Å². The molecule has 0 aliphatic heterocycles.